The number of rotatable bonds is 4. The van der Waals surface area contributed by atoms with Crippen LogP contribution in [0.15, 0.2) is 35.7 Å². The van der Waals surface area contributed by atoms with E-state index in [2.05, 4.69) is 39.5 Å². The van der Waals surface area contributed by atoms with Gasteiger partial charge in [-0.15, -0.1) is 11.3 Å². The van der Waals surface area contributed by atoms with Gasteiger partial charge in [0.1, 0.15) is 0 Å². The van der Waals surface area contributed by atoms with Crippen LogP contribution < -0.4 is 5.73 Å². The number of morpholine rings is 1. The van der Waals surface area contributed by atoms with Crippen molar-refractivity contribution >= 4 is 22.4 Å². The predicted molar refractivity (Wildman–Crippen MR) is 107 cm³/mol. The molecule has 2 aromatic rings. The number of likely N-dealkylation sites (tertiary alicyclic amines) is 1. The summed E-state index contributed by atoms with van der Waals surface area (Å²) in [6, 6.07) is 10.5. The molecule has 27 heavy (non-hydrogen) atoms. The second-order valence-corrected chi connectivity index (χ2v) is 8.18. The molecule has 4 rings (SSSR count). The Morgan fingerprint density at radius 3 is 2.48 bits per heavy atom. The zero-order chi connectivity index (χ0) is 18.7. The molecule has 0 unspecified atom stereocenters. The van der Waals surface area contributed by atoms with Gasteiger partial charge >= 0.3 is 0 Å². The van der Waals surface area contributed by atoms with E-state index in [0.717, 1.165) is 57.9 Å². The molecule has 2 N–H and O–H groups in total. The molecule has 144 valence electrons. The van der Waals surface area contributed by atoms with Crippen molar-refractivity contribution in [3.8, 4) is 0 Å². The topological polar surface area (TPSA) is 71.7 Å². The highest BCUT2D eigenvalue weighted by molar-refractivity contribution is 7.13. The number of aromatic nitrogens is 1. The zero-order valence-corrected chi connectivity index (χ0v) is 16.3. The molecule has 7 heteroatoms. The van der Waals surface area contributed by atoms with Gasteiger partial charge in [-0.25, -0.2) is 4.98 Å². The first-order chi connectivity index (χ1) is 13.2. The van der Waals surface area contributed by atoms with Crippen molar-refractivity contribution in [1.82, 2.24) is 14.8 Å². The molecule has 3 heterocycles. The molecule has 0 aliphatic carbocycles. The van der Waals surface area contributed by atoms with Crippen LogP contribution in [0.5, 0.6) is 0 Å². The molecule has 2 fully saturated rings. The first kappa shape index (κ1) is 18.4. The maximum atomic E-state index is 12.8. The minimum atomic E-state index is -0.162. The molecule has 2 aliphatic heterocycles. The third-order valence-corrected chi connectivity index (χ3v) is 6.44. The van der Waals surface area contributed by atoms with Gasteiger partial charge in [0.2, 0.25) is 5.91 Å². The number of nitrogen functional groups attached to an aromatic ring is 1. The molecule has 1 aromatic heterocycles. The van der Waals surface area contributed by atoms with Gasteiger partial charge in [-0.1, -0.05) is 30.3 Å². The average molecular weight is 387 g/mol. The van der Waals surface area contributed by atoms with E-state index in [0.29, 0.717) is 11.7 Å². The van der Waals surface area contributed by atoms with Crippen LogP contribution in [0.1, 0.15) is 24.1 Å². The second-order valence-electron chi connectivity index (χ2n) is 7.29. The van der Waals surface area contributed by atoms with Gasteiger partial charge in [0.25, 0.3) is 0 Å². The third kappa shape index (κ3) is 3.85. The fourth-order valence-corrected chi connectivity index (χ4v) is 4.81. The van der Waals surface area contributed by atoms with Crippen molar-refractivity contribution < 1.29 is 9.53 Å². The molecule has 1 amide bonds. The van der Waals surface area contributed by atoms with Crippen LogP contribution in [0.3, 0.4) is 0 Å². The van der Waals surface area contributed by atoms with Crippen LogP contribution in [-0.2, 0) is 14.9 Å². The molecule has 6 nitrogen and oxygen atoms in total. The van der Waals surface area contributed by atoms with E-state index in [1.807, 2.05) is 11.0 Å². The normalized spacial score (nSPS) is 20.5. The van der Waals surface area contributed by atoms with Crippen molar-refractivity contribution in [1.29, 1.82) is 0 Å². The highest BCUT2D eigenvalue weighted by Crippen LogP contribution is 2.42. The molecule has 0 radical (unpaired) electrons. The Morgan fingerprint density at radius 2 is 1.85 bits per heavy atom. The summed E-state index contributed by atoms with van der Waals surface area (Å²) in [5.41, 5.74) is 8.07. The van der Waals surface area contributed by atoms with Gasteiger partial charge in [0, 0.05) is 37.0 Å². The van der Waals surface area contributed by atoms with Crippen molar-refractivity contribution in [3.63, 3.8) is 0 Å². The number of thiazole rings is 1. The monoisotopic (exact) mass is 386 g/mol. The van der Waals surface area contributed by atoms with Gasteiger partial charge in [-0.2, -0.15) is 0 Å². The van der Waals surface area contributed by atoms with Crippen molar-refractivity contribution in [2.45, 2.75) is 18.3 Å². The number of nitrogens with zero attached hydrogens (tertiary/aromatic N) is 3. The Balaban J connectivity index is 1.49. The average Bonchev–Trinajstić information content (AvgIpc) is 3.16. The van der Waals surface area contributed by atoms with Gasteiger partial charge in [-0.05, 0) is 18.4 Å². The van der Waals surface area contributed by atoms with Crippen LogP contribution in [0.2, 0.25) is 0 Å². The Kier molecular flexibility index (Phi) is 5.43. The number of hydrogen-bond acceptors (Lipinski definition) is 6. The van der Waals surface area contributed by atoms with Gasteiger partial charge in [0.05, 0.1) is 25.5 Å². The van der Waals surface area contributed by atoms with E-state index >= 15 is 0 Å². The summed E-state index contributed by atoms with van der Waals surface area (Å²) in [7, 11) is 0. The van der Waals surface area contributed by atoms with Gasteiger partial charge in [-0.3, -0.25) is 9.69 Å². The van der Waals surface area contributed by atoms with Crippen LogP contribution in [-0.4, -0.2) is 66.6 Å². The van der Waals surface area contributed by atoms with Crippen molar-refractivity contribution in [2.24, 2.45) is 0 Å². The number of carbonyl (C=O) groups is 1. The summed E-state index contributed by atoms with van der Waals surface area (Å²) < 4.78 is 5.37. The maximum absolute atomic E-state index is 12.8. The third-order valence-electron chi connectivity index (χ3n) is 5.77. The van der Waals surface area contributed by atoms with E-state index in [-0.39, 0.29) is 11.3 Å². The van der Waals surface area contributed by atoms with Crippen LogP contribution in [0, 0.1) is 0 Å². The molecule has 2 saturated heterocycles. The lowest BCUT2D eigenvalue weighted by Gasteiger charge is -2.42. The Bertz CT molecular complexity index is 765. The minimum absolute atomic E-state index is 0.162. The smallest absolute Gasteiger partial charge is 0.236 e. The van der Waals surface area contributed by atoms with Crippen LogP contribution in [0.25, 0.3) is 0 Å². The number of piperidine rings is 1. The fourth-order valence-electron chi connectivity index (χ4n) is 4.15. The van der Waals surface area contributed by atoms with Gasteiger partial charge < -0.3 is 15.4 Å². The second kappa shape index (κ2) is 7.96. The van der Waals surface area contributed by atoms with Gasteiger partial charge in [0.15, 0.2) is 5.13 Å². The number of hydrogen-bond donors (Lipinski definition) is 1. The molecule has 0 saturated carbocycles. The summed E-state index contributed by atoms with van der Waals surface area (Å²) in [5, 5.41) is 2.68. The maximum Gasteiger partial charge on any atom is 0.236 e. The molecule has 0 spiro atoms. The van der Waals surface area contributed by atoms with Crippen LogP contribution in [0.4, 0.5) is 5.13 Å². The standard InChI is InChI=1S/C20H26N4O2S/c21-19-22-17(15-27-19)20(16-4-2-1-3-5-16)6-8-24(9-7-20)18(25)14-23-10-12-26-13-11-23/h1-5,15H,6-14H2,(H2,21,22). The number of amides is 1. The zero-order valence-electron chi connectivity index (χ0n) is 15.5. The minimum Gasteiger partial charge on any atom is -0.379 e. The summed E-state index contributed by atoms with van der Waals surface area (Å²) in [6.45, 7) is 5.10. The number of anilines is 1. The molecule has 1 aromatic carbocycles. The number of nitrogens with two attached hydrogens (primary N) is 1. The number of ether oxygens (including phenoxy) is 1. The predicted octanol–water partition coefficient (Wildman–Crippen LogP) is 1.97. The summed E-state index contributed by atoms with van der Waals surface area (Å²) in [5.74, 6) is 0.219. The fraction of sp³-hybridized carbons (Fsp3) is 0.500. The highest BCUT2D eigenvalue weighted by atomic mass is 32.1. The molecular weight excluding hydrogens is 360 g/mol. The summed E-state index contributed by atoms with van der Waals surface area (Å²) in [6.07, 6.45) is 1.74. The molecule has 2 aliphatic rings. The van der Waals surface area contributed by atoms with E-state index in [1.165, 1.54) is 16.9 Å². The van der Waals surface area contributed by atoms with E-state index in [1.54, 1.807) is 0 Å². The number of carbonyl (C=O) groups excluding carboxylic acids is 1. The van der Waals surface area contributed by atoms with E-state index in [9.17, 15) is 4.79 Å². The molecule has 0 atom stereocenters. The quantitative estimate of drug-likeness (QED) is 0.870. The first-order valence-corrected chi connectivity index (χ1v) is 10.4. The van der Waals surface area contributed by atoms with E-state index < -0.39 is 0 Å². The summed E-state index contributed by atoms with van der Waals surface area (Å²) >= 11 is 1.49. The highest BCUT2D eigenvalue weighted by Gasteiger charge is 2.40. The van der Waals surface area contributed by atoms with Crippen molar-refractivity contribution in [2.75, 3.05) is 51.7 Å². The summed E-state index contributed by atoms with van der Waals surface area (Å²) in [4.78, 5) is 21.6. The lowest BCUT2D eigenvalue weighted by atomic mass is 9.70. The van der Waals surface area contributed by atoms with E-state index in [4.69, 9.17) is 10.5 Å². The Morgan fingerprint density at radius 1 is 1.15 bits per heavy atom. The Labute approximate surface area is 163 Å². The van der Waals surface area contributed by atoms with Crippen molar-refractivity contribution in [3.05, 3.63) is 47.0 Å². The number of benzene rings is 1. The lowest BCUT2D eigenvalue weighted by Crippen LogP contribution is -2.50. The first-order valence-electron chi connectivity index (χ1n) is 9.52. The van der Waals surface area contributed by atoms with Crippen LogP contribution >= 0.6 is 11.3 Å². The molecule has 0 bridgehead atoms. The SMILES string of the molecule is Nc1nc(C2(c3ccccc3)CCN(C(=O)CN3CCOCC3)CC2)cs1. The largest absolute Gasteiger partial charge is 0.379 e. The Hall–Kier alpha value is -1.96. The lowest BCUT2D eigenvalue weighted by molar-refractivity contribution is -0.134. The molecular formula is C20H26N4O2S.